The second-order valence-corrected chi connectivity index (χ2v) is 6.71. The molecule has 0 fully saturated rings. The van der Waals surface area contributed by atoms with Gasteiger partial charge in [-0.3, -0.25) is 4.79 Å². The van der Waals surface area contributed by atoms with E-state index in [1.54, 1.807) is 7.11 Å². The molecule has 0 spiro atoms. The molecule has 5 nitrogen and oxygen atoms in total. The summed E-state index contributed by atoms with van der Waals surface area (Å²) in [4.78, 5) is 12.6. The highest BCUT2D eigenvalue weighted by Crippen LogP contribution is 2.26. The summed E-state index contributed by atoms with van der Waals surface area (Å²) in [5, 5.41) is 4.10. The summed E-state index contributed by atoms with van der Waals surface area (Å²) in [7, 11) is 1.71. The molecular formula is C21H26N2O3. The van der Waals surface area contributed by atoms with Crippen LogP contribution in [0, 0.1) is 27.7 Å². The third kappa shape index (κ3) is 3.40. The maximum absolute atomic E-state index is 12.6. The Labute approximate surface area is 153 Å². The molecule has 0 aliphatic carbocycles. The number of rotatable bonds is 6. The number of benzene rings is 1. The lowest BCUT2D eigenvalue weighted by Gasteiger charge is -2.08. The van der Waals surface area contributed by atoms with Crippen LogP contribution in [-0.2, 0) is 17.8 Å². The number of nitrogens with zero attached hydrogens (tertiary/aromatic N) is 1. The van der Waals surface area contributed by atoms with Crippen LogP contribution in [0.2, 0.25) is 0 Å². The summed E-state index contributed by atoms with van der Waals surface area (Å²) in [6.45, 7) is 9.95. The van der Waals surface area contributed by atoms with Gasteiger partial charge in [-0.25, -0.2) is 0 Å². The summed E-state index contributed by atoms with van der Waals surface area (Å²) in [6, 6.07) is 7.84. The number of nitrogens with one attached hydrogen (secondary N) is 1. The molecule has 0 saturated carbocycles. The molecule has 2 aromatic heterocycles. The molecule has 0 unspecified atom stereocenters. The van der Waals surface area contributed by atoms with Crippen LogP contribution >= 0.6 is 0 Å². The SMILES string of the molecule is COCCn1c(C)c(C)c2cc(C(=O)NCc3cc(C)oc3C)ccc21. The van der Waals surface area contributed by atoms with Gasteiger partial charge >= 0.3 is 0 Å². The Balaban J connectivity index is 1.83. The Hall–Kier alpha value is -2.53. The molecule has 3 rings (SSSR count). The maximum atomic E-state index is 12.6. The van der Waals surface area contributed by atoms with Crippen LogP contribution in [0.4, 0.5) is 0 Å². The number of carbonyl (C=O) groups is 1. The minimum atomic E-state index is -0.0770. The van der Waals surface area contributed by atoms with E-state index in [0.717, 1.165) is 34.5 Å². The van der Waals surface area contributed by atoms with E-state index in [2.05, 4.69) is 23.7 Å². The maximum Gasteiger partial charge on any atom is 0.251 e. The van der Waals surface area contributed by atoms with Crippen LogP contribution in [-0.4, -0.2) is 24.2 Å². The number of aromatic nitrogens is 1. The van der Waals surface area contributed by atoms with E-state index in [4.69, 9.17) is 9.15 Å². The lowest BCUT2D eigenvalue weighted by Crippen LogP contribution is -2.22. The van der Waals surface area contributed by atoms with E-state index < -0.39 is 0 Å². The summed E-state index contributed by atoms with van der Waals surface area (Å²) in [6.07, 6.45) is 0. The lowest BCUT2D eigenvalue weighted by atomic mass is 10.1. The molecule has 2 heterocycles. The fourth-order valence-electron chi connectivity index (χ4n) is 3.40. The molecule has 0 bridgehead atoms. The Morgan fingerprint density at radius 1 is 1.19 bits per heavy atom. The zero-order valence-electron chi connectivity index (χ0n) is 16.1. The Morgan fingerprint density at radius 2 is 1.96 bits per heavy atom. The average Bonchev–Trinajstić information content (AvgIpc) is 3.07. The van der Waals surface area contributed by atoms with Crippen LogP contribution in [0.3, 0.4) is 0 Å². The van der Waals surface area contributed by atoms with Gasteiger partial charge in [0.05, 0.1) is 6.61 Å². The van der Waals surface area contributed by atoms with E-state index in [9.17, 15) is 4.79 Å². The van der Waals surface area contributed by atoms with Gasteiger partial charge in [0.1, 0.15) is 11.5 Å². The highest BCUT2D eigenvalue weighted by atomic mass is 16.5. The molecule has 1 aromatic carbocycles. The first-order chi connectivity index (χ1) is 12.4. The molecule has 1 N–H and O–H groups in total. The van der Waals surface area contributed by atoms with Crippen LogP contribution in [0.25, 0.3) is 10.9 Å². The average molecular weight is 354 g/mol. The molecule has 0 aliphatic heterocycles. The molecule has 3 aromatic rings. The topological polar surface area (TPSA) is 56.4 Å². The van der Waals surface area contributed by atoms with Gasteiger partial charge in [0, 0.05) is 47.9 Å². The van der Waals surface area contributed by atoms with Crippen molar-refractivity contribution >= 4 is 16.8 Å². The Kier molecular flexibility index (Phi) is 5.18. The van der Waals surface area contributed by atoms with Crippen molar-refractivity contribution < 1.29 is 13.9 Å². The zero-order chi connectivity index (χ0) is 18.8. The fraction of sp³-hybridized carbons (Fsp3) is 0.381. The Morgan fingerprint density at radius 3 is 2.62 bits per heavy atom. The van der Waals surface area contributed by atoms with Crippen LogP contribution < -0.4 is 5.32 Å². The first-order valence-corrected chi connectivity index (χ1v) is 8.85. The van der Waals surface area contributed by atoms with E-state index in [1.807, 2.05) is 38.1 Å². The van der Waals surface area contributed by atoms with Crippen LogP contribution in [0.1, 0.15) is 38.7 Å². The second kappa shape index (κ2) is 7.38. The smallest absolute Gasteiger partial charge is 0.251 e. The van der Waals surface area contributed by atoms with Crippen molar-refractivity contribution in [2.75, 3.05) is 13.7 Å². The highest BCUT2D eigenvalue weighted by Gasteiger charge is 2.14. The third-order valence-corrected chi connectivity index (χ3v) is 5.00. The van der Waals surface area contributed by atoms with Crippen molar-refractivity contribution in [3.05, 3.63) is 58.2 Å². The van der Waals surface area contributed by atoms with Gasteiger partial charge in [-0.1, -0.05) is 0 Å². The lowest BCUT2D eigenvalue weighted by molar-refractivity contribution is 0.0951. The van der Waals surface area contributed by atoms with Gasteiger partial charge in [0.2, 0.25) is 0 Å². The van der Waals surface area contributed by atoms with Crippen molar-refractivity contribution in [2.24, 2.45) is 0 Å². The van der Waals surface area contributed by atoms with Crippen molar-refractivity contribution in [1.29, 1.82) is 0 Å². The van der Waals surface area contributed by atoms with Crippen molar-refractivity contribution in [3.8, 4) is 0 Å². The molecule has 0 aliphatic rings. The molecule has 26 heavy (non-hydrogen) atoms. The number of amides is 1. The fourth-order valence-corrected chi connectivity index (χ4v) is 3.40. The number of hydrogen-bond acceptors (Lipinski definition) is 3. The molecular weight excluding hydrogens is 328 g/mol. The predicted molar refractivity (Wildman–Crippen MR) is 103 cm³/mol. The molecule has 0 radical (unpaired) electrons. The van der Waals surface area contributed by atoms with Crippen molar-refractivity contribution in [1.82, 2.24) is 9.88 Å². The second-order valence-electron chi connectivity index (χ2n) is 6.71. The number of fused-ring (bicyclic) bond motifs is 1. The monoisotopic (exact) mass is 354 g/mol. The summed E-state index contributed by atoms with van der Waals surface area (Å²) in [5.41, 5.74) is 5.22. The van der Waals surface area contributed by atoms with Crippen LogP contribution in [0.5, 0.6) is 0 Å². The summed E-state index contributed by atoms with van der Waals surface area (Å²) >= 11 is 0. The number of hydrogen-bond donors (Lipinski definition) is 1. The van der Waals surface area contributed by atoms with Crippen molar-refractivity contribution in [2.45, 2.75) is 40.8 Å². The first-order valence-electron chi connectivity index (χ1n) is 8.85. The van der Waals surface area contributed by atoms with E-state index in [0.29, 0.717) is 18.7 Å². The summed E-state index contributed by atoms with van der Waals surface area (Å²) in [5.74, 6) is 1.63. The van der Waals surface area contributed by atoms with E-state index in [1.165, 1.54) is 11.3 Å². The molecule has 0 saturated heterocycles. The van der Waals surface area contributed by atoms with E-state index >= 15 is 0 Å². The Bertz CT molecular complexity index is 950. The van der Waals surface area contributed by atoms with Gasteiger partial charge in [-0.2, -0.15) is 0 Å². The van der Waals surface area contributed by atoms with Gasteiger partial charge in [-0.05, 0) is 57.5 Å². The largest absolute Gasteiger partial charge is 0.466 e. The highest BCUT2D eigenvalue weighted by molar-refractivity contribution is 5.99. The first kappa shape index (κ1) is 18.3. The zero-order valence-corrected chi connectivity index (χ0v) is 16.1. The van der Waals surface area contributed by atoms with Crippen LogP contribution in [0.15, 0.2) is 28.7 Å². The molecule has 0 atom stereocenters. The number of methoxy groups -OCH3 is 1. The predicted octanol–water partition coefficient (Wildman–Crippen LogP) is 4.04. The van der Waals surface area contributed by atoms with Crippen molar-refractivity contribution in [3.63, 3.8) is 0 Å². The number of aryl methyl sites for hydroxylation is 3. The van der Waals surface area contributed by atoms with Gasteiger partial charge in [-0.15, -0.1) is 0 Å². The van der Waals surface area contributed by atoms with Gasteiger partial charge in [0.15, 0.2) is 0 Å². The number of ether oxygens (including phenoxy) is 1. The van der Waals surface area contributed by atoms with Gasteiger partial charge in [0.25, 0.3) is 5.91 Å². The number of carbonyl (C=O) groups excluding carboxylic acids is 1. The third-order valence-electron chi connectivity index (χ3n) is 5.00. The molecule has 1 amide bonds. The normalized spacial score (nSPS) is 11.3. The summed E-state index contributed by atoms with van der Waals surface area (Å²) < 4.78 is 13.0. The standard InChI is InChI=1S/C21H26N2O3/c1-13-10-18(16(4)26-13)12-22-21(24)17-6-7-20-19(11-17)14(2)15(3)23(20)8-9-25-5/h6-7,10-11H,8-9,12H2,1-5H3,(H,22,24). The quantitative estimate of drug-likeness (QED) is 0.727. The molecule has 138 valence electrons. The van der Waals surface area contributed by atoms with E-state index in [-0.39, 0.29) is 5.91 Å². The minimum absolute atomic E-state index is 0.0770. The number of furan rings is 1. The molecule has 5 heteroatoms. The minimum Gasteiger partial charge on any atom is -0.466 e. The van der Waals surface area contributed by atoms with Gasteiger partial charge < -0.3 is 19.0 Å².